The zero-order chi connectivity index (χ0) is 20.5. The number of hydrogen-bond acceptors (Lipinski definition) is 4. The van der Waals surface area contributed by atoms with Crippen LogP contribution in [0, 0.1) is 5.92 Å². The van der Waals surface area contributed by atoms with Crippen molar-refractivity contribution in [3.05, 3.63) is 54.5 Å². The van der Waals surface area contributed by atoms with E-state index in [1.165, 1.54) is 19.3 Å². The third-order valence-corrected chi connectivity index (χ3v) is 6.83. The normalized spacial score (nSPS) is 21.2. The molecule has 2 aromatic heterocycles. The van der Waals surface area contributed by atoms with Gasteiger partial charge in [-0.05, 0) is 61.4 Å². The van der Waals surface area contributed by atoms with Gasteiger partial charge in [-0.25, -0.2) is 9.97 Å². The number of pyridine rings is 1. The van der Waals surface area contributed by atoms with Crippen molar-refractivity contribution in [1.82, 2.24) is 19.4 Å². The van der Waals surface area contributed by atoms with Crippen LogP contribution in [0.2, 0.25) is 0 Å². The Kier molecular flexibility index (Phi) is 5.25. The third kappa shape index (κ3) is 3.49. The lowest BCUT2D eigenvalue weighted by Crippen LogP contribution is -2.48. The molecule has 3 heterocycles. The highest BCUT2D eigenvalue weighted by atomic mass is 16.2. The molecular weight excluding hydrogens is 374 g/mol. The molecular formula is C24H29N5O. The van der Waals surface area contributed by atoms with E-state index in [2.05, 4.69) is 16.0 Å². The van der Waals surface area contributed by atoms with E-state index in [0.29, 0.717) is 5.92 Å². The van der Waals surface area contributed by atoms with E-state index in [4.69, 9.17) is 5.73 Å². The van der Waals surface area contributed by atoms with Gasteiger partial charge in [-0.15, -0.1) is 0 Å². The third-order valence-electron chi connectivity index (χ3n) is 6.83. The number of carbonyl (C=O) groups is 1. The number of amides is 1. The Balaban J connectivity index is 1.41. The number of likely N-dealkylation sites (tertiary alicyclic amines) is 1. The molecule has 5 rings (SSSR count). The van der Waals surface area contributed by atoms with Crippen LogP contribution < -0.4 is 5.73 Å². The summed E-state index contributed by atoms with van der Waals surface area (Å²) in [6, 6.07) is 11.9. The Morgan fingerprint density at radius 2 is 1.87 bits per heavy atom. The van der Waals surface area contributed by atoms with Crippen molar-refractivity contribution in [2.24, 2.45) is 11.7 Å². The van der Waals surface area contributed by atoms with Gasteiger partial charge < -0.3 is 10.6 Å². The Bertz CT molecular complexity index is 1040. The SMILES string of the molecule is NC(C(=O)N1CCCC1c1ccnc(-n2cnc3ccccc32)c1)C1CCCCC1. The summed E-state index contributed by atoms with van der Waals surface area (Å²) in [4.78, 5) is 24.4. The zero-order valence-corrected chi connectivity index (χ0v) is 17.3. The zero-order valence-electron chi connectivity index (χ0n) is 17.3. The number of benzene rings is 1. The van der Waals surface area contributed by atoms with E-state index in [-0.39, 0.29) is 18.0 Å². The second-order valence-corrected chi connectivity index (χ2v) is 8.66. The Hall–Kier alpha value is -2.73. The van der Waals surface area contributed by atoms with Crippen LogP contribution in [0.1, 0.15) is 56.6 Å². The lowest BCUT2D eigenvalue weighted by Gasteiger charge is -2.32. The highest BCUT2D eigenvalue weighted by Gasteiger charge is 2.36. The monoisotopic (exact) mass is 403 g/mol. The first-order chi connectivity index (χ1) is 14.7. The van der Waals surface area contributed by atoms with Crippen LogP contribution in [-0.4, -0.2) is 37.9 Å². The number of fused-ring (bicyclic) bond motifs is 1. The van der Waals surface area contributed by atoms with E-state index >= 15 is 0 Å². The molecule has 2 atom stereocenters. The van der Waals surface area contributed by atoms with Crippen LogP contribution >= 0.6 is 0 Å². The fourth-order valence-electron chi connectivity index (χ4n) is 5.18. The van der Waals surface area contributed by atoms with Crippen LogP contribution in [0.15, 0.2) is 48.9 Å². The van der Waals surface area contributed by atoms with Gasteiger partial charge in [0.05, 0.1) is 23.1 Å². The maximum atomic E-state index is 13.3. The lowest BCUT2D eigenvalue weighted by atomic mass is 9.83. The van der Waals surface area contributed by atoms with E-state index in [0.717, 1.165) is 54.6 Å². The van der Waals surface area contributed by atoms with Crippen LogP contribution in [0.5, 0.6) is 0 Å². The molecule has 156 valence electrons. The molecule has 1 amide bonds. The number of hydrogen-bond donors (Lipinski definition) is 1. The average Bonchev–Trinajstić information content (AvgIpc) is 3.46. The minimum atomic E-state index is -0.371. The molecule has 0 spiro atoms. The van der Waals surface area contributed by atoms with E-state index in [1.54, 1.807) is 0 Å². The predicted molar refractivity (Wildman–Crippen MR) is 117 cm³/mol. The maximum absolute atomic E-state index is 13.3. The topological polar surface area (TPSA) is 77.0 Å². The highest BCUT2D eigenvalue weighted by molar-refractivity contribution is 5.83. The standard InChI is InChI=1S/C24H29N5O/c25-23(17-7-2-1-3-8-17)24(30)28-14-6-11-20(28)18-12-13-26-22(15-18)29-16-27-19-9-4-5-10-21(19)29/h4-5,9-10,12-13,15-17,20,23H,1-3,6-8,11,14,25H2. The van der Waals surface area contributed by atoms with E-state index in [9.17, 15) is 4.79 Å². The van der Waals surface area contributed by atoms with Crippen LogP contribution in [0.3, 0.4) is 0 Å². The first-order valence-corrected chi connectivity index (χ1v) is 11.2. The van der Waals surface area contributed by atoms with Gasteiger partial charge in [0, 0.05) is 12.7 Å². The van der Waals surface area contributed by atoms with Gasteiger partial charge in [0.1, 0.15) is 12.1 Å². The smallest absolute Gasteiger partial charge is 0.240 e. The summed E-state index contributed by atoms with van der Waals surface area (Å²) < 4.78 is 2.01. The molecule has 3 aromatic rings. The summed E-state index contributed by atoms with van der Waals surface area (Å²) in [7, 11) is 0. The molecule has 0 bridgehead atoms. The van der Waals surface area contributed by atoms with E-state index in [1.807, 2.05) is 52.3 Å². The molecule has 2 fully saturated rings. The van der Waals surface area contributed by atoms with Gasteiger partial charge in [0.25, 0.3) is 0 Å². The molecule has 1 saturated heterocycles. The fourth-order valence-corrected chi connectivity index (χ4v) is 5.18. The second kappa shape index (κ2) is 8.19. The Morgan fingerprint density at radius 1 is 1.03 bits per heavy atom. The largest absolute Gasteiger partial charge is 0.334 e. The van der Waals surface area contributed by atoms with Crippen LogP contribution in [-0.2, 0) is 4.79 Å². The number of nitrogens with two attached hydrogens (primary N) is 1. The van der Waals surface area contributed by atoms with Crippen molar-refractivity contribution in [2.45, 2.75) is 57.0 Å². The summed E-state index contributed by atoms with van der Waals surface area (Å²) >= 11 is 0. The molecule has 1 aromatic carbocycles. The summed E-state index contributed by atoms with van der Waals surface area (Å²) in [5, 5.41) is 0. The maximum Gasteiger partial charge on any atom is 0.240 e. The van der Waals surface area contributed by atoms with Crippen molar-refractivity contribution in [3.8, 4) is 5.82 Å². The summed E-state index contributed by atoms with van der Waals surface area (Å²) in [5.41, 5.74) is 9.56. The van der Waals surface area contributed by atoms with Gasteiger partial charge in [0.15, 0.2) is 0 Å². The molecule has 1 aliphatic carbocycles. The number of nitrogens with zero attached hydrogens (tertiary/aromatic N) is 4. The molecule has 2 aliphatic rings. The summed E-state index contributed by atoms with van der Waals surface area (Å²) in [6.45, 7) is 0.787. The minimum absolute atomic E-state index is 0.0728. The Morgan fingerprint density at radius 3 is 2.73 bits per heavy atom. The van der Waals surface area contributed by atoms with Gasteiger partial charge in [-0.2, -0.15) is 0 Å². The van der Waals surface area contributed by atoms with Crippen molar-refractivity contribution >= 4 is 16.9 Å². The summed E-state index contributed by atoms with van der Waals surface area (Å²) in [6.07, 6.45) is 11.5. The first-order valence-electron chi connectivity index (χ1n) is 11.2. The van der Waals surface area contributed by atoms with Crippen LogP contribution in [0.4, 0.5) is 0 Å². The number of rotatable bonds is 4. The molecule has 1 saturated carbocycles. The molecule has 6 heteroatoms. The first kappa shape index (κ1) is 19.2. The minimum Gasteiger partial charge on any atom is -0.334 e. The molecule has 1 aliphatic heterocycles. The van der Waals surface area contributed by atoms with E-state index < -0.39 is 0 Å². The second-order valence-electron chi connectivity index (χ2n) is 8.66. The van der Waals surface area contributed by atoms with Gasteiger partial charge >= 0.3 is 0 Å². The van der Waals surface area contributed by atoms with Crippen LogP contribution in [0.25, 0.3) is 16.9 Å². The van der Waals surface area contributed by atoms with Gasteiger partial charge in [-0.3, -0.25) is 9.36 Å². The lowest BCUT2D eigenvalue weighted by molar-refractivity contribution is -0.135. The van der Waals surface area contributed by atoms with Crippen molar-refractivity contribution in [1.29, 1.82) is 0 Å². The summed E-state index contributed by atoms with van der Waals surface area (Å²) in [5.74, 6) is 1.28. The Labute approximate surface area is 177 Å². The number of para-hydroxylation sites is 2. The number of carbonyl (C=O) groups excluding carboxylic acids is 1. The van der Waals surface area contributed by atoms with Crippen molar-refractivity contribution in [2.75, 3.05) is 6.54 Å². The molecule has 2 N–H and O–H groups in total. The quantitative estimate of drug-likeness (QED) is 0.714. The molecule has 6 nitrogen and oxygen atoms in total. The van der Waals surface area contributed by atoms with Gasteiger partial charge in [0.2, 0.25) is 5.91 Å². The van der Waals surface area contributed by atoms with Crippen molar-refractivity contribution in [3.63, 3.8) is 0 Å². The van der Waals surface area contributed by atoms with Crippen molar-refractivity contribution < 1.29 is 4.79 Å². The fraction of sp³-hybridized carbons (Fsp3) is 0.458. The molecule has 0 radical (unpaired) electrons. The van der Waals surface area contributed by atoms with Gasteiger partial charge in [-0.1, -0.05) is 31.4 Å². The molecule has 30 heavy (non-hydrogen) atoms. The average molecular weight is 404 g/mol. The highest BCUT2D eigenvalue weighted by Crippen LogP contribution is 2.35. The predicted octanol–water partition coefficient (Wildman–Crippen LogP) is 3.99. The number of aromatic nitrogens is 3. The molecule has 2 unspecified atom stereocenters. The number of imidazole rings is 1.